The van der Waals surface area contributed by atoms with Crippen molar-refractivity contribution >= 4 is 11.9 Å². The Morgan fingerprint density at radius 3 is 2.71 bits per heavy atom. The molecule has 1 rings (SSSR count). The normalized spacial score (nSPS) is 21.1. The highest BCUT2D eigenvalue weighted by Gasteiger charge is 2.39. The van der Waals surface area contributed by atoms with E-state index in [-0.39, 0.29) is 11.8 Å². The quantitative estimate of drug-likeness (QED) is 0.762. The Kier molecular flexibility index (Phi) is 4.32. The molecule has 0 saturated carbocycles. The second kappa shape index (κ2) is 5.34. The number of carboxylic acid groups (broad SMARTS) is 1. The molecule has 0 radical (unpaired) electrons. The first-order chi connectivity index (χ1) is 7.89. The molecule has 4 nitrogen and oxygen atoms in total. The zero-order valence-electron chi connectivity index (χ0n) is 10.6. The number of carbonyl (C=O) groups excluding carboxylic acids is 1. The zero-order valence-corrected chi connectivity index (χ0v) is 10.6. The smallest absolute Gasteiger partial charge is 0.309 e. The van der Waals surface area contributed by atoms with Crippen molar-refractivity contribution in [3.63, 3.8) is 0 Å². The summed E-state index contributed by atoms with van der Waals surface area (Å²) in [6, 6.07) is 0. The molecule has 1 aliphatic heterocycles. The molecule has 1 unspecified atom stereocenters. The van der Waals surface area contributed by atoms with Gasteiger partial charge in [0.05, 0.1) is 5.41 Å². The molecule has 1 heterocycles. The molecule has 1 N–H and O–H groups in total. The molecule has 0 spiro atoms. The van der Waals surface area contributed by atoms with Crippen LogP contribution in [0.4, 0.5) is 0 Å². The molecule has 0 aromatic rings. The third-order valence-electron chi connectivity index (χ3n) is 3.66. The van der Waals surface area contributed by atoms with Crippen molar-refractivity contribution in [2.45, 2.75) is 33.1 Å². The molecule has 17 heavy (non-hydrogen) atoms. The van der Waals surface area contributed by atoms with Gasteiger partial charge in [0.1, 0.15) is 0 Å². The molecular weight excluding hydrogens is 218 g/mol. The van der Waals surface area contributed by atoms with Crippen molar-refractivity contribution < 1.29 is 14.7 Å². The van der Waals surface area contributed by atoms with Crippen LogP contribution in [0.1, 0.15) is 33.1 Å². The summed E-state index contributed by atoms with van der Waals surface area (Å²) in [5.74, 6) is -0.714. The number of piperidine rings is 1. The van der Waals surface area contributed by atoms with Crippen molar-refractivity contribution in [2.24, 2.45) is 11.3 Å². The summed E-state index contributed by atoms with van der Waals surface area (Å²) in [7, 11) is 0. The van der Waals surface area contributed by atoms with E-state index in [2.05, 4.69) is 6.58 Å². The van der Waals surface area contributed by atoms with Gasteiger partial charge in [0.15, 0.2) is 0 Å². The summed E-state index contributed by atoms with van der Waals surface area (Å²) in [6.45, 7) is 8.31. The number of likely N-dealkylation sites (tertiary alicyclic amines) is 1. The third-order valence-corrected chi connectivity index (χ3v) is 3.66. The topological polar surface area (TPSA) is 57.6 Å². The molecule has 0 aromatic heterocycles. The highest BCUT2D eigenvalue weighted by Crippen LogP contribution is 2.34. The molecule has 96 valence electrons. The maximum atomic E-state index is 11.7. The predicted molar refractivity (Wildman–Crippen MR) is 65.5 cm³/mol. The largest absolute Gasteiger partial charge is 0.481 e. The van der Waals surface area contributed by atoms with Crippen LogP contribution < -0.4 is 0 Å². The number of nitrogens with zero attached hydrogens (tertiary/aromatic N) is 1. The van der Waals surface area contributed by atoms with Crippen LogP contribution >= 0.6 is 0 Å². The fourth-order valence-electron chi connectivity index (χ4n) is 2.22. The minimum Gasteiger partial charge on any atom is -0.481 e. The van der Waals surface area contributed by atoms with E-state index in [1.807, 2.05) is 0 Å². The monoisotopic (exact) mass is 239 g/mol. The van der Waals surface area contributed by atoms with Gasteiger partial charge < -0.3 is 10.0 Å². The third kappa shape index (κ3) is 3.08. The van der Waals surface area contributed by atoms with Crippen LogP contribution in [0.15, 0.2) is 12.7 Å². The van der Waals surface area contributed by atoms with Gasteiger partial charge in [-0.2, -0.15) is 0 Å². The van der Waals surface area contributed by atoms with Gasteiger partial charge in [0.2, 0.25) is 5.91 Å². The Bertz CT molecular complexity index is 323. The maximum absolute atomic E-state index is 11.7. The van der Waals surface area contributed by atoms with E-state index in [0.717, 1.165) is 19.4 Å². The van der Waals surface area contributed by atoms with Crippen molar-refractivity contribution in [1.29, 1.82) is 0 Å². The molecule has 0 aromatic carbocycles. The SMILES string of the molecule is C=CCC(=O)N1CCCC(C(C)(C)C(=O)O)C1. The van der Waals surface area contributed by atoms with Crippen LogP contribution in [-0.2, 0) is 9.59 Å². The molecule has 1 aliphatic rings. The molecule has 1 saturated heterocycles. The first kappa shape index (κ1) is 13.7. The van der Waals surface area contributed by atoms with E-state index in [9.17, 15) is 14.7 Å². The van der Waals surface area contributed by atoms with Gasteiger partial charge in [-0.3, -0.25) is 9.59 Å². The van der Waals surface area contributed by atoms with E-state index in [1.165, 1.54) is 0 Å². The minimum atomic E-state index is -0.791. The average Bonchev–Trinajstić information content (AvgIpc) is 2.29. The lowest BCUT2D eigenvalue weighted by Gasteiger charge is -2.39. The van der Waals surface area contributed by atoms with Gasteiger partial charge in [-0.1, -0.05) is 6.08 Å². The molecule has 1 amide bonds. The minimum absolute atomic E-state index is 0.0301. The van der Waals surface area contributed by atoms with E-state index in [0.29, 0.717) is 13.0 Å². The van der Waals surface area contributed by atoms with Crippen molar-refractivity contribution in [2.75, 3.05) is 13.1 Å². The average molecular weight is 239 g/mol. The van der Waals surface area contributed by atoms with Crippen molar-refractivity contribution in [1.82, 2.24) is 4.90 Å². The lowest BCUT2D eigenvalue weighted by molar-refractivity contribution is -0.153. The van der Waals surface area contributed by atoms with Gasteiger partial charge in [0.25, 0.3) is 0 Å². The Morgan fingerprint density at radius 1 is 1.53 bits per heavy atom. The summed E-state index contributed by atoms with van der Waals surface area (Å²) in [5, 5.41) is 9.20. The number of amides is 1. The van der Waals surface area contributed by atoms with E-state index in [4.69, 9.17) is 0 Å². The molecule has 4 heteroatoms. The van der Waals surface area contributed by atoms with Gasteiger partial charge in [-0.15, -0.1) is 6.58 Å². The summed E-state index contributed by atoms with van der Waals surface area (Å²) >= 11 is 0. The highest BCUT2D eigenvalue weighted by molar-refractivity contribution is 5.78. The Labute approximate surface area is 102 Å². The summed E-state index contributed by atoms with van der Waals surface area (Å²) < 4.78 is 0. The van der Waals surface area contributed by atoms with Crippen molar-refractivity contribution in [3.05, 3.63) is 12.7 Å². The van der Waals surface area contributed by atoms with Crippen LogP contribution in [0, 0.1) is 11.3 Å². The highest BCUT2D eigenvalue weighted by atomic mass is 16.4. The molecule has 1 atom stereocenters. The Balaban J connectivity index is 2.69. The molecule has 0 aliphatic carbocycles. The summed E-state index contributed by atoms with van der Waals surface area (Å²) in [6.07, 6.45) is 3.68. The van der Waals surface area contributed by atoms with E-state index < -0.39 is 11.4 Å². The molecular formula is C13H21NO3. The lowest BCUT2D eigenvalue weighted by Crippen LogP contribution is -2.46. The standard InChI is InChI=1S/C13H21NO3/c1-4-6-11(15)14-8-5-7-10(9-14)13(2,3)12(16)17/h4,10H,1,5-9H2,2-3H3,(H,16,17). The van der Waals surface area contributed by atoms with Gasteiger partial charge in [-0.05, 0) is 32.6 Å². The van der Waals surface area contributed by atoms with Gasteiger partial charge >= 0.3 is 5.97 Å². The predicted octanol–water partition coefficient (Wildman–Crippen LogP) is 1.91. The van der Waals surface area contributed by atoms with Gasteiger partial charge in [0, 0.05) is 19.5 Å². The van der Waals surface area contributed by atoms with E-state index in [1.54, 1.807) is 24.8 Å². The first-order valence-electron chi connectivity index (χ1n) is 6.01. The first-order valence-corrected chi connectivity index (χ1v) is 6.01. The fourth-order valence-corrected chi connectivity index (χ4v) is 2.22. The second-order valence-corrected chi connectivity index (χ2v) is 5.20. The summed E-state index contributed by atoms with van der Waals surface area (Å²) in [4.78, 5) is 24.7. The fraction of sp³-hybridized carbons (Fsp3) is 0.692. The number of hydrogen-bond donors (Lipinski definition) is 1. The van der Waals surface area contributed by atoms with Crippen LogP contribution in [-0.4, -0.2) is 35.0 Å². The van der Waals surface area contributed by atoms with Gasteiger partial charge in [-0.25, -0.2) is 0 Å². The summed E-state index contributed by atoms with van der Waals surface area (Å²) in [5.41, 5.74) is -0.771. The van der Waals surface area contributed by atoms with E-state index >= 15 is 0 Å². The number of hydrogen-bond acceptors (Lipinski definition) is 2. The Hall–Kier alpha value is -1.32. The second-order valence-electron chi connectivity index (χ2n) is 5.20. The van der Waals surface area contributed by atoms with Crippen LogP contribution in [0.3, 0.4) is 0 Å². The van der Waals surface area contributed by atoms with Crippen LogP contribution in [0.5, 0.6) is 0 Å². The van der Waals surface area contributed by atoms with Crippen LogP contribution in [0.2, 0.25) is 0 Å². The number of rotatable bonds is 4. The number of carbonyl (C=O) groups is 2. The molecule has 1 fully saturated rings. The molecule has 0 bridgehead atoms. The van der Waals surface area contributed by atoms with Crippen molar-refractivity contribution in [3.8, 4) is 0 Å². The zero-order chi connectivity index (χ0) is 13.1. The Morgan fingerprint density at radius 2 is 2.18 bits per heavy atom. The van der Waals surface area contributed by atoms with Crippen LogP contribution in [0.25, 0.3) is 0 Å². The number of aliphatic carboxylic acids is 1. The number of carboxylic acids is 1. The maximum Gasteiger partial charge on any atom is 0.309 e. The lowest BCUT2D eigenvalue weighted by atomic mass is 9.74.